The number of hydrogen-bond acceptors (Lipinski definition) is 4. The average molecular weight is 297 g/mol. The van der Waals surface area contributed by atoms with Crippen LogP contribution in [0.1, 0.15) is 11.5 Å². The summed E-state index contributed by atoms with van der Waals surface area (Å²) in [4.78, 5) is 20.6. The van der Waals surface area contributed by atoms with E-state index in [1.165, 1.54) is 0 Å². The van der Waals surface area contributed by atoms with Gasteiger partial charge in [0.1, 0.15) is 17.3 Å². The van der Waals surface area contributed by atoms with E-state index >= 15 is 0 Å². The van der Waals surface area contributed by atoms with Crippen molar-refractivity contribution in [3.63, 3.8) is 0 Å². The molecule has 2 aromatic heterocycles. The van der Waals surface area contributed by atoms with Crippen molar-refractivity contribution in [1.82, 2.24) is 9.88 Å². The molecule has 0 radical (unpaired) electrons. The minimum absolute atomic E-state index is 0.0229. The lowest BCUT2D eigenvalue weighted by Gasteiger charge is -2.34. The topological polar surface area (TPSA) is 49.6 Å². The Morgan fingerprint density at radius 1 is 1.18 bits per heavy atom. The van der Waals surface area contributed by atoms with Crippen LogP contribution in [-0.4, -0.2) is 42.0 Å². The van der Waals surface area contributed by atoms with Gasteiger partial charge in [-0.2, -0.15) is 0 Å². The highest BCUT2D eigenvalue weighted by atomic mass is 16.3. The van der Waals surface area contributed by atoms with E-state index in [-0.39, 0.29) is 5.91 Å². The molecule has 0 N–H and O–H groups in total. The number of anilines is 1. The fourth-order valence-electron chi connectivity index (χ4n) is 2.50. The van der Waals surface area contributed by atoms with Gasteiger partial charge in [-0.15, -0.1) is 0 Å². The summed E-state index contributed by atoms with van der Waals surface area (Å²) >= 11 is 0. The number of hydrogen-bond donors (Lipinski definition) is 0. The Morgan fingerprint density at radius 3 is 2.64 bits per heavy atom. The first-order valence-corrected chi connectivity index (χ1v) is 7.42. The number of rotatable bonds is 3. The molecule has 0 unspecified atom stereocenters. The minimum atomic E-state index is 0.0229. The van der Waals surface area contributed by atoms with Gasteiger partial charge in [0, 0.05) is 38.5 Å². The van der Waals surface area contributed by atoms with Gasteiger partial charge in [-0.05, 0) is 37.3 Å². The van der Waals surface area contributed by atoms with E-state index in [1.54, 1.807) is 18.3 Å². The predicted molar refractivity (Wildman–Crippen MR) is 85.5 cm³/mol. The molecule has 1 aliphatic rings. The molecule has 0 spiro atoms. The smallest absolute Gasteiger partial charge is 0.246 e. The van der Waals surface area contributed by atoms with Crippen LogP contribution in [0.2, 0.25) is 0 Å². The quantitative estimate of drug-likeness (QED) is 0.816. The highest BCUT2D eigenvalue weighted by Gasteiger charge is 2.20. The van der Waals surface area contributed by atoms with Crippen LogP contribution in [0.4, 0.5) is 5.82 Å². The monoisotopic (exact) mass is 297 g/mol. The van der Waals surface area contributed by atoms with Gasteiger partial charge < -0.3 is 14.2 Å². The molecule has 2 aromatic rings. The van der Waals surface area contributed by atoms with E-state index in [0.717, 1.165) is 24.7 Å². The molecule has 0 bridgehead atoms. The Labute approximate surface area is 129 Å². The molecule has 22 heavy (non-hydrogen) atoms. The summed E-state index contributed by atoms with van der Waals surface area (Å²) in [7, 11) is 0. The van der Waals surface area contributed by atoms with Gasteiger partial charge in [0.15, 0.2) is 0 Å². The van der Waals surface area contributed by atoms with Crippen LogP contribution < -0.4 is 4.90 Å². The summed E-state index contributed by atoms with van der Waals surface area (Å²) in [6, 6.07) is 9.63. The Morgan fingerprint density at radius 2 is 2.00 bits per heavy atom. The molecular weight excluding hydrogens is 278 g/mol. The van der Waals surface area contributed by atoms with E-state index in [2.05, 4.69) is 9.88 Å². The molecule has 0 saturated carbocycles. The first-order chi connectivity index (χ1) is 10.7. The SMILES string of the molecule is Cc1ccc(C=CC(=O)N2CCN(c3ccccn3)CC2)o1. The van der Waals surface area contributed by atoms with Crippen molar-refractivity contribution in [2.75, 3.05) is 31.1 Å². The molecule has 0 aromatic carbocycles. The van der Waals surface area contributed by atoms with Gasteiger partial charge in [-0.3, -0.25) is 4.79 Å². The van der Waals surface area contributed by atoms with E-state index in [4.69, 9.17) is 4.42 Å². The average Bonchev–Trinajstić information content (AvgIpc) is 2.99. The Balaban J connectivity index is 1.55. The zero-order valence-corrected chi connectivity index (χ0v) is 12.6. The maximum atomic E-state index is 12.2. The van der Waals surface area contributed by atoms with Crippen LogP contribution >= 0.6 is 0 Å². The molecule has 3 heterocycles. The highest BCUT2D eigenvalue weighted by Crippen LogP contribution is 2.13. The van der Waals surface area contributed by atoms with E-state index in [9.17, 15) is 4.79 Å². The number of piperazine rings is 1. The summed E-state index contributed by atoms with van der Waals surface area (Å²) in [5, 5.41) is 0. The van der Waals surface area contributed by atoms with Gasteiger partial charge in [-0.1, -0.05) is 6.07 Å². The van der Waals surface area contributed by atoms with Gasteiger partial charge in [0.2, 0.25) is 5.91 Å². The second-order valence-electron chi connectivity index (χ2n) is 5.28. The van der Waals surface area contributed by atoms with Gasteiger partial charge in [0.25, 0.3) is 0 Å². The van der Waals surface area contributed by atoms with Crippen LogP contribution in [0, 0.1) is 6.92 Å². The fourth-order valence-corrected chi connectivity index (χ4v) is 2.50. The van der Waals surface area contributed by atoms with Crippen molar-refractivity contribution in [3.8, 4) is 0 Å². The normalized spacial score (nSPS) is 15.5. The van der Waals surface area contributed by atoms with Crippen LogP contribution in [0.25, 0.3) is 6.08 Å². The zero-order chi connectivity index (χ0) is 15.4. The minimum Gasteiger partial charge on any atom is -0.462 e. The molecule has 5 heteroatoms. The first-order valence-electron chi connectivity index (χ1n) is 7.42. The molecule has 1 aliphatic heterocycles. The standard InChI is InChI=1S/C17H19N3O2/c1-14-5-6-15(22-14)7-8-17(21)20-12-10-19(11-13-20)16-4-2-3-9-18-16/h2-9H,10-13H2,1H3. The molecular formula is C17H19N3O2. The largest absolute Gasteiger partial charge is 0.462 e. The Kier molecular flexibility index (Phi) is 4.23. The maximum Gasteiger partial charge on any atom is 0.246 e. The lowest BCUT2D eigenvalue weighted by molar-refractivity contribution is -0.126. The summed E-state index contributed by atoms with van der Waals surface area (Å²) in [5.41, 5.74) is 0. The van der Waals surface area contributed by atoms with Crippen molar-refractivity contribution in [1.29, 1.82) is 0 Å². The molecule has 1 fully saturated rings. The number of carbonyl (C=O) groups excluding carboxylic acids is 1. The molecule has 1 saturated heterocycles. The van der Waals surface area contributed by atoms with E-state index in [1.807, 2.05) is 42.2 Å². The number of aromatic nitrogens is 1. The predicted octanol–water partition coefficient (Wildman–Crippen LogP) is 2.35. The third-order valence-electron chi connectivity index (χ3n) is 3.72. The second kappa shape index (κ2) is 6.47. The van der Waals surface area contributed by atoms with Gasteiger partial charge >= 0.3 is 0 Å². The lowest BCUT2D eigenvalue weighted by atomic mass is 10.3. The fraction of sp³-hybridized carbons (Fsp3) is 0.294. The van der Waals surface area contributed by atoms with Crippen molar-refractivity contribution in [2.45, 2.75) is 6.92 Å². The van der Waals surface area contributed by atoms with E-state index < -0.39 is 0 Å². The summed E-state index contributed by atoms with van der Waals surface area (Å²) in [6.45, 7) is 4.90. The molecule has 3 rings (SSSR count). The second-order valence-corrected chi connectivity index (χ2v) is 5.28. The van der Waals surface area contributed by atoms with Gasteiger partial charge in [-0.25, -0.2) is 4.98 Å². The maximum absolute atomic E-state index is 12.2. The Hall–Kier alpha value is -2.56. The van der Waals surface area contributed by atoms with Crippen LogP contribution in [-0.2, 0) is 4.79 Å². The summed E-state index contributed by atoms with van der Waals surface area (Å²) in [6.07, 6.45) is 5.09. The van der Waals surface area contributed by atoms with Crippen LogP contribution in [0.15, 0.2) is 47.0 Å². The number of aryl methyl sites for hydroxylation is 1. The lowest BCUT2D eigenvalue weighted by Crippen LogP contribution is -2.48. The molecule has 1 amide bonds. The number of furan rings is 1. The summed E-state index contributed by atoms with van der Waals surface area (Å²) < 4.78 is 5.42. The van der Waals surface area contributed by atoms with Crippen molar-refractivity contribution >= 4 is 17.8 Å². The number of amides is 1. The van der Waals surface area contributed by atoms with Gasteiger partial charge in [0.05, 0.1) is 0 Å². The third kappa shape index (κ3) is 3.36. The highest BCUT2D eigenvalue weighted by molar-refractivity contribution is 5.91. The van der Waals surface area contributed by atoms with E-state index in [0.29, 0.717) is 18.8 Å². The van der Waals surface area contributed by atoms with Crippen LogP contribution in [0.3, 0.4) is 0 Å². The molecule has 114 valence electrons. The van der Waals surface area contributed by atoms with Crippen molar-refractivity contribution in [3.05, 3.63) is 54.1 Å². The molecule has 5 nitrogen and oxygen atoms in total. The first kappa shape index (κ1) is 14.4. The van der Waals surface area contributed by atoms with Crippen molar-refractivity contribution < 1.29 is 9.21 Å². The number of carbonyl (C=O) groups is 1. The van der Waals surface area contributed by atoms with Crippen LogP contribution in [0.5, 0.6) is 0 Å². The summed E-state index contributed by atoms with van der Waals surface area (Å²) in [5.74, 6) is 2.54. The number of nitrogens with zero attached hydrogens (tertiary/aromatic N) is 3. The number of pyridine rings is 1. The van der Waals surface area contributed by atoms with Crippen molar-refractivity contribution in [2.24, 2.45) is 0 Å². The molecule has 0 aliphatic carbocycles. The zero-order valence-electron chi connectivity index (χ0n) is 12.6. The Bertz CT molecular complexity index is 656. The third-order valence-corrected chi connectivity index (χ3v) is 3.72. The molecule has 0 atom stereocenters.